The molecular weight excluding hydrogens is 120 g/mol. The van der Waals surface area contributed by atoms with E-state index in [0.29, 0.717) is 0 Å². The minimum atomic E-state index is 0.872. The minimum absolute atomic E-state index is 0.872. The second kappa shape index (κ2) is 3.40. The predicted octanol–water partition coefficient (Wildman–Crippen LogP) is 2.44. The molecule has 0 fully saturated rings. The molecule has 0 heteroatoms. The van der Waals surface area contributed by atoms with Crippen LogP contribution in [-0.2, 0) is 12.8 Å². The first-order valence-corrected chi connectivity index (χ1v) is 3.53. The highest BCUT2D eigenvalue weighted by atomic mass is 13.9. The molecule has 0 N–H and O–H groups in total. The molecule has 0 spiro atoms. The van der Waals surface area contributed by atoms with E-state index in [2.05, 4.69) is 38.1 Å². The summed E-state index contributed by atoms with van der Waals surface area (Å²) in [6.45, 7) is 7.59. The third-order valence-electron chi connectivity index (χ3n) is 1.60. The lowest BCUT2D eigenvalue weighted by Gasteiger charge is -1.97. The zero-order valence-corrected chi connectivity index (χ0v) is 6.14. The van der Waals surface area contributed by atoms with E-state index in [4.69, 9.17) is 0 Å². The van der Waals surface area contributed by atoms with Gasteiger partial charge in [0.1, 0.15) is 0 Å². The van der Waals surface area contributed by atoms with Crippen LogP contribution in [0.2, 0.25) is 0 Å². The fraction of sp³-hybridized carbons (Fsp3) is 0.200. The van der Waals surface area contributed by atoms with E-state index >= 15 is 0 Å². The average Bonchev–Trinajstić information content (AvgIpc) is 2.05. The summed E-state index contributed by atoms with van der Waals surface area (Å²) in [6, 6.07) is 8.42. The molecule has 0 nitrogen and oxygen atoms in total. The van der Waals surface area contributed by atoms with Crippen LogP contribution >= 0.6 is 0 Å². The van der Waals surface area contributed by atoms with Crippen LogP contribution in [0.25, 0.3) is 0 Å². The van der Waals surface area contributed by atoms with E-state index < -0.39 is 0 Å². The van der Waals surface area contributed by atoms with Crippen LogP contribution in [0.3, 0.4) is 0 Å². The Balaban J connectivity index is 2.80. The van der Waals surface area contributed by atoms with E-state index in [-0.39, 0.29) is 0 Å². The molecule has 0 saturated carbocycles. The molecule has 52 valence electrons. The van der Waals surface area contributed by atoms with E-state index in [1.54, 1.807) is 0 Å². The van der Waals surface area contributed by atoms with Gasteiger partial charge in [-0.3, -0.25) is 0 Å². The van der Waals surface area contributed by atoms with E-state index in [1.165, 1.54) is 11.1 Å². The fourth-order valence-electron chi connectivity index (χ4n) is 0.873. The highest BCUT2D eigenvalue weighted by molar-refractivity contribution is 5.23. The Morgan fingerprint density at radius 1 is 0.800 bits per heavy atom. The lowest BCUT2D eigenvalue weighted by atomic mass is 10.1. The smallest absolute Gasteiger partial charge is 0.0279 e. The largest absolute Gasteiger partial charge is 0.0588 e. The molecule has 2 radical (unpaired) electrons. The van der Waals surface area contributed by atoms with Gasteiger partial charge in [0.05, 0.1) is 0 Å². The first-order chi connectivity index (χ1) is 4.86. The molecule has 0 heterocycles. The number of rotatable bonds is 2. The molecule has 0 aliphatic heterocycles. The predicted molar refractivity (Wildman–Crippen MR) is 44.6 cm³/mol. The van der Waals surface area contributed by atoms with E-state index in [1.807, 2.05) is 0 Å². The molecule has 0 unspecified atom stereocenters. The van der Waals surface area contributed by atoms with Crippen LogP contribution in [0.5, 0.6) is 0 Å². The van der Waals surface area contributed by atoms with Crippen molar-refractivity contribution in [3.8, 4) is 0 Å². The van der Waals surface area contributed by atoms with E-state index in [9.17, 15) is 0 Å². The Morgan fingerprint density at radius 2 is 1.10 bits per heavy atom. The maximum Gasteiger partial charge on any atom is -0.0279 e. The Labute approximate surface area is 62.9 Å². The standard InChI is InChI=1S/C10H12/c1-3-9-5-7-10(4-2)8-6-9/h5-8H,1-4H2. The van der Waals surface area contributed by atoms with Crippen molar-refractivity contribution in [1.29, 1.82) is 0 Å². The van der Waals surface area contributed by atoms with Gasteiger partial charge in [-0.2, -0.15) is 0 Å². The summed E-state index contributed by atoms with van der Waals surface area (Å²) < 4.78 is 0. The zero-order chi connectivity index (χ0) is 7.40. The molecule has 0 saturated heterocycles. The molecule has 10 heavy (non-hydrogen) atoms. The van der Waals surface area contributed by atoms with Crippen molar-refractivity contribution in [3.63, 3.8) is 0 Å². The van der Waals surface area contributed by atoms with Crippen molar-refractivity contribution < 1.29 is 0 Å². The van der Waals surface area contributed by atoms with Crippen LogP contribution in [0.1, 0.15) is 11.1 Å². The average molecular weight is 132 g/mol. The summed E-state index contributed by atoms with van der Waals surface area (Å²) >= 11 is 0. The summed E-state index contributed by atoms with van der Waals surface area (Å²) in [6.07, 6.45) is 1.74. The fourth-order valence-corrected chi connectivity index (χ4v) is 0.873. The molecular formula is C10H12. The van der Waals surface area contributed by atoms with Crippen molar-refractivity contribution in [3.05, 3.63) is 49.2 Å². The number of hydrogen-bond acceptors (Lipinski definition) is 0. The Bertz CT molecular complexity index is 161. The molecule has 0 aliphatic rings. The van der Waals surface area contributed by atoms with Crippen molar-refractivity contribution in [1.82, 2.24) is 0 Å². The van der Waals surface area contributed by atoms with Crippen molar-refractivity contribution >= 4 is 0 Å². The second-order valence-corrected chi connectivity index (χ2v) is 2.32. The molecule has 1 aromatic carbocycles. The SMILES string of the molecule is [CH2]Cc1ccc(C[CH2])cc1. The van der Waals surface area contributed by atoms with Crippen molar-refractivity contribution in [2.45, 2.75) is 12.8 Å². The highest BCUT2D eigenvalue weighted by Crippen LogP contribution is 2.04. The van der Waals surface area contributed by atoms with Gasteiger partial charge in [0.25, 0.3) is 0 Å². The van der Waals surface area contributed by atoms with Crippen LogP contribution in [0.4, 0.5) is 0 Å². The maximum absolute atomic E-state index is 3.80. The molecule has 1 aromatic rings. The number of hydrogen-bond donors (Lipinski definition) is 0. The van der Waals surface area contributed by atoms with Gasteiger partial charge in [-0.1, -0.05) is 24.3 Å². The van der Waals surface area contributed by atoms with Gasteiger partial charge in [0.15, 0.2) is 0 Å². The summed E-state index contributed by atoms with van der Waals surface area (Å²) in [4.78, 5) is 0. The van der Waals surface area contributed by atoms with Crippen molar-refractivity contribution in [2.75, 3.05) is 0 Å². The Kier molecular flexibility index (Phi) is 2.49. The lowest BCUT2D eigenvalue weighted by molar-refractivity contribution is 1.22. The molecule has 1 rings (SSSR count). The van der Waals surface area contributed by atoms with Gasteiger partial charge >= 0.3 is 0 Å². The van der Waals surface area contributed by atoms with Gasteiger partial charge < -0.3 is 0 Å². The summed E-state index contributed by atoms with van der Waals surface area (Å²) in [5, 5.41) is 0. The van der Waals surface area contributed by atoms with Gasteiger partial charge in [0.2, 0.25) is 0 Å². The second-order valence-electron chi connectivity index (χ2n) is 2.32. The lowest BCUT2D eigenvalue weighted by Crippen LogP contribution is -1.82. The Hall–Kier alpha value is -0.780. The molecule has 0 amide bonds. The van der Waals surface area contributed by atoms with Crippen LogP contribution in [0, 0.1) is 13.8 Å². The molecule has 0 bridgehead atoms. The van der Waals surface area contributed by atoms with Gasteiger partial charge in [-0.05, 0) is 37.8 Å². The third-order valence-corrected chi connectivity index (χ3v) is 1.60. The van der Waals surface area contributed by atoms with E-state index in [0.717, 1.165) is 12.8 Å². The molecule has 0 aromatic heterocycles. The van der Waals surface area contributed by atoms with Crippen LogP contribution in [0.15, 0.2) is 24.3 Å². The first-order valence-electron chi connectivity index (χ1n) is 3.53. The quantitative estimate of drug-likeness (QED) is 0.579. The minimum Gasteiger partial charge on any atom is -0.0588 e. The molecule has 0 atom stereocenters. The van der Waals surface area contributed by atoms with Gasteiger partial charge in [0, 0.05) is 0 Å². The van der Waals surface area contributed by atoms with Gasteiger partial charge in [-0.15, -0.1) is 0 Å². The Morgan fingerprint density at radius 3 is 1.30 bits per heavy atom. The highest BCUT2D eigenvalue weighted by Gasteiger charge is 1.88. The first kappa shape index (κ1) is 7.33. The van der Waals surface area contributed by atoms with Crippen LogP contribution in [-0.4, -0.2) is 0 Å². The van der Waals surface area contributed by atoms with Crippen molar-refractivity contribution in [2.24, 2.45) is 0 Å². The summed E-state index contributed by atoms with van der Waals surface area (Å²) in [5.74, 6) is 0. The normalized spacial score (nSPS) is 9.80. The number of benzene rings is 1. The monoisotopic (exact) mass is 132 g/mol. The van der Waals surface area contributed by atoms with Gasteiger partial charge in [-0.25, -0.2) is 0 Å². The van der Waals surface area contributed by atoms with Crippen LogP contribution < -0.4 is 0 Å². The maximum atomic E-state index is 3.80. The third kappa shape index (κ3) is 1.60. The topological polar surface area (TPSA) is 0 Å². The summed E-state index contributed by atoms with van der Waals surface area (Å²) in [5.41, 5.74) is 2.58. The molecule has 0 aliphatic carbocycles. The zero-order valence-electron chi connectivity index (χ0n) is 6.14. The summed E-state index contributed by atoms with van der Waals surface area (Å²) in [7, 11) is 0.